The van der Waals surface area contributed by atoms with E-state index in [1.165, 1.54) is 0 Å². The standard InChI is InChI=1S/C9H14O2/c1-2-6-9(11)7-4-3-5-8-10/h2,6,8H,3-5,7H2,1H3. The molecule has 0 aromatic rings. The zero-order chi connectivity index (χ0) is 8.53. The SMILES string of the molecule is CC=CC(=O)CCCCC=O. The first-order valence-corrected chi connectivity index (χ1v) is 3.90. The minimum absolute atomic E-state index is 0.151. The average molecular weight is 154 g/mol. The molecule has 0 rings (SSSR count). The Bertz CT molecular complexity index is 148. The zero-order valence-electron chi connectivity index (χ0n) is 6.88. The van der Waals surface area contributed by atoms with Gasteiger partial charge in [0.1, 0.15) is 6.29 Å². The van der Waals surface area contributed by atoms with Gasteiger partial charge in [-0.1, -0.05) is 6.08 Å². The summed E-state index contributed by atoms with van der Waals surface area (Å²) >= 11 is 0. The van der Waals surface area contributed by atoms with Crippen LogP contribution in [-0.2, 0) is 9.59 Å². The lowest BCUT2D eigenvalue weighted by Crippen LogP contribution is -1.91. The van der Waals surface area contributed by atoms with Crippen LogP contribution in [0.5, 0.6) is 0 Å². The highest BCUT2D eigenvalue weighted by molar-refractivity contribution is 5.89. The van der Waals surface area contributed by atoms with Crippen molar-refractivity contribution in [1.82, 2.24) is 0 Å². The Morgan fingerprint density at radius 2 is 2.09 bits per heavy atom. The average Bonchev–Trinajstić information content (AvgIpc) is 1.99. The van der Waals surface area contributed by atoms with Gasteiger partial charge >= 0.3 is 0 Å². The van der Waals surface area contributed by atoms with Crippen LogP contribution in [0.1, 0.15) is 32.6 Å². The van der Waals surface area contributed by atoms with E-state index < -0.39 is 0 Å². The largest absolute Gasteiger partial charge is 0.303 e. The third-order valence-corrected chi connectivity index (χ3v) is 1.35. The highest BCUT2D eigenvalue weighted by Crippen LogP contribution is 1.99. The molecule has 62 valence electrons. The minimum atomic E-state index is 0.151. The van der Waals surface area contributed by atoms with Gasteiger partial charge in [0.25, 0.3) is 0 Å². The van der Waals surface area contributed by atoms with Crippen molar-refractivity contribution in [3.63, 3.8) is 0 Å². The van der Waals surface area contributed by atoms with E-state index >= 15 is 0 Å². The van der Waals surface area contributed by atoms with Crippen LogP contribution < -0.4 is 0 Å². The van der Waals surface area contributed by atoms with Gasteiger partial charge in [-0.15, -0.1) is 0 Å². The Balaban J connectivity index is 3.24. The van der Waals surface area contributed by atoms with Crippen molar-refractivity contribution in [3.8, 4) is 0 Å². The summed E-state index contributed by atoms with van der Waals surface area (Å²) in [5.41, 5.74) is 0. The summed E-state index contributed by atoms with van der Waals surface area (Å²) in [7, 11) is 0. The molecule has 0 aliphatic rings. The second kappa shape index (κ2) is 7.19. The van der Waals surface area contributed by atoms with Crippen LogP contribution >= 0.6 is 0 Å². The summed E-state index contributed by atoms with van der Waals surface area (Å²) in [4.78, 5) is 20.7. The van der Waals surface area contributed by atoms with Crippen LogP contribution in [0.15, 0.2) is 12.2 Å². The van der Waals surface area contributed by atoms with Crippen molar-refractivity contribution in [3.05, 3.63) is 12.2 Å². The number of unbranched alkanes of at least 4 members (excludes halogenated alkanes) is 2. The Kier molecular flexibility index (Phi) is 6.59. The van der Waals surface area contributed by atoms with Crippen LogP contribution in [0, 0.1) is 0 Å². The van der Waals surface area contributed by atoms with Gasteiger partial charge < -0.3 is 4.79 Å². The molecule has 2 nitrogen and oxygen atoms in total. The summed E-state index contributed by atoms with van der Waals surface area (Å²) in [5.74, 6) is 0.151. The van der Waals surface area contributed by atoms with Crippen molar-refractivity contribution in [1.29, 1.82) is 0 Å². The Morgan fingerprint density at radius 1 is 1.36 bits per heavy atom. The third-order valence-electron chi connectivity index (χ3n) is 1.35. The van der Waals surface area contributed by atoms with E-state index in [9.17, 15) is 9.59 Å². The number of allylic oxidation sites excluding steroid dienone is 2. The molecule has 0 fully saturated rings. The Morgan fingerprint density at radius 3 is 2.64 bits per heavy atom. The first kappa shape index (κ1) is 10.1. The van der Waals surface area contributed by atoms with Gasteiger partial charge in [-0.05, 0) is 25.8 Å². The van der Waals surface area contributed by atoms with Gasteiger partial charge in [-0.25, -0.2) is 0 Å². The maximum absolute atomic E-state index is 10.8. The molecule has 0 atom stereocenters. The van der Waals surface area contributed by atoms with Crippen LogP contribution in [0.2, 0.25) is 0 Å². The van der Waals surface area contributed by atoms with Gasteiger partial charge in [-0.3, -0.25) is 4.79 Å². The van der Waals surface area contributed by atoms with Crippen LogP contribution in [-0.4, -0.2) is 12.1 Å². The second-order valence-corrected chi connectivity index (χ2v) is 2.38. The normalized spacial score (nSPS) is 10.3. The molecule has 0 heterocycles. The van der Waals surface area contributed by atoms with Crippen LogP contribution in [0.3, 0.4) is 0 Å². The summed E-state index contributed by atoms with van der Waals surface area (Å²) in [6.45, 7) is 1.82. The fourth-order valence-corrected chi connectivity index (χ4v) is 0.796. The molecule has 0 aromatic carbocycles. The molecule has 0 spiro atoms. The first-order valence-electron chi connectivity index (χ1n) is 3.90. The van der Waals surface area contributed by atoms with Crippen LogP contribution in [0.4, 0.5) is 0 Å². The van der Waals surface area contributed by atoms with E-state index in [0.717, 1.165) is 19.1 Å². The maximum Gasteiger partial charge on any atom is 0.155 e. The topological polar surface area (TPSA) is 34.1 Å². The lowest BCUT2D eigenvalue weighted by molar-refractivity contribution is -0.115. The molecule has 0 amide bonds. The molecular formula is C9H14O2. The summed E-state index contributed by atoms with van der Waals surface area (Å²) in [6, 6.07) is 0. The predicted octanol–water partition coefficient (Wildman–Crippen LogP) is 1.89. The predicted molar refractivity (Wildman–Crippen MR) is 44.4 cm³/mol. The molecule has 0 radical (unpaired) electrons. The molecule has 0 aromatic heterocycles. The smallest absolute Gasteiger partial charge is 0.155 e. The lowest BCUT2D eigenvalue weighted by atomic mass is 10.1. The number of rotatable bonds is 6. The van der Waals surface area contributed by atoms with Crippen molar-refractivity contribution < 1.29 is 9.59 Å². The van der Waals surface area contributed by atoms with Crippen molar-refractivity contribution in [2.45, 2.75) is 32.6 Å². The molecule has 0 saturated heterocycles. The highest BCUT2D eigenvalue weighted by atomic mass is 16.1. The molecule has 2 heteroatoms. The maximum atomic E-state index is 10.8. The van der Waals surface area contributed by atoms with Gasteiger partial charge in [0.15, 0.2) is 5.78 Å². The first-order chi connectivity index (χ1) is 5.31. The molecule has 11 heavy (non-hydrogen) atoms. The van der Waals surface area contributed by atoms with Gasteiger partial charge in [-0.2, -0.15) is 0 Å². The molecule has 0 aliphatic heterocycles. The molecular weight excluding hydrogens is 140 g/mol. The quantitative estimate of drug-likeness (QED) is 0.332. The molecule has 0 aliphatic carbocycles. The summed E-state index contributed by atoms with van der Waals surface area (Å²) in [6.07, 6.45) is 6.99. The molecule has 0 bridgehead atoms. The lowest BCUT2D eigenvalue weighted by Gasteiger charge is -1.92. The summed E-state index contributed by atoms with van der Waals surface area (Å²) < 4.78 is 0. The number of aldehydes is 1. The van der Waals surface area contributed by atoms with Crippen molar-refractivity contribution in [2.75, 3.05) is 0 Å². The molecule has 0 unspecified atom stereocenters. The van der Waals surface area contributed by atoms with E-state index in [-0.39, 0.29) is 5.78 Å². The molecule has 0 saturated carbocycles. The summed E-state index contributed by atoms with van der Waals surface area (Å²) in [5, 5.41) is 0. The van der Waals surface area contributed by atoms with Crippen molar-refractivity contribution in [2.24, 2.45) is 0 Å². The van der Waals surface area contributed by atoms with Gasteiger partial charge in [0.2, 0.25) is 0 Å². The van der Waals surface area contributed by atoms with Gasteiger partial charge in [0.05, 0.1) is 0 Å². The number of carbonyl (C=O) groups excluding carboxylic acids is 2. The monoisotopic (exact) mass is 154 g/mol. The number of carbonyl (C=O) groups is 2. The van der Waals surface area contributed by atoms with E-state index in [0.29, 0.717) is 12.8 Å². The molecule has 0 N–H and O–H groups in total. The zero-order valence-corrected chi connectivity index (χ0v) is 6.88. The van der Waals surface area contributed by atoms with E-state index in [1.54, 1.807) is 12.2 Å². The number of ketones is 1. The van der Waals surface area contributed by atoms with Crippen molar-refractivity contribution >= 4 is 12.1 Å². The number of hydrogen-bond acceptors (Lipinski definition) is 2. The van der Waals surface area contributed by atoms with E-state index in [4.69, 9.17) is 0 Å². The fraction of sp³-hybridized carbons (Fsp3) is 0.556. The Hall–Kier alpha value is -0.920. The van der Waals surface area contributed by atoms with E-state index in [2.05, 4.69) is 0 Å². The number of hydrogen-bond donors (Lipinski definition) is 0. The van der Waals surface area contributed by atoms with Crippen LogP contribution in [0.25, 0.3) is 0 Å². The van der Waals surface area contributed by atoms with E-state index in [1.807, 2.05) is 6.92 Å². The highest BCUT2D eigenvalue weighted by Gasteiger charge is 1.94. The minimum Gasteiger partial charge on any atom is -0.303 e. The fourth-order valence-electron chi connectivity index (χ4n) is 0.796. The Labute approximate surface area is 67.3 Å². The van der Waals surface area contributed by atoms with Gasteiger partial charge in [0, 0.05) is 12.8 Å². The third kappa shape index (κ3) is 6.97. The second-order valence-electron chi connectivity index (χ2n) is 2.38.